The van der Waals surface area contributed by atoms with Crippen molar-refractivity contribution in [3.63, 3.8) is 0 Å². The molecule has 1 atom stereocenters. The Morgan fingerprint density at radius 2 is 1.89 bits per heavy atom. The molecule has 0 aromatic heterocycles. The van der Waals surface area contributed by atoms with Crippen LogP contribution in [-0.2, 0) is 0 Å². The summed E-state index contributed by atoms with van der Waals surface area (Å²) < 4.78 is 0. The fourth-order valence-corrected chi connectivity index (χ4v) is 3.87. The summed E-state index contributed by atoms with van der Waals surface area (Å²) in [5.74, 6) is 7.11. The van der Waals surface area contributed by atoms with Gasteiger partial charge in [-0.2, -0.15) is 0 Å². The second-order valence-corrected chi connectivity index (χ2v) is 6.64. The first kappa shape index (κ1) is 16.6. The van der Waals surface area contributed by atoms with Gasteiger partial charge in [0.1, 0.15) is 0 Å². The Morgan fingerprint density at radius 1 is 1.21 bits per heavy atom. The first-order valence-electron chi connectivity index (χ1n) is 8.27. The monoisotopic (exact) mass is 263 g/mol. The predicted molar refractivity (Wildman–Crippen MR) is 85.1 cm³/mol. The highest BCUT2D eigenvalue weighted by Crippen LogP contribution is 2.47. The van der Waals surface area contributed by atoms with E-state index >= 15 is 0 Å². The van der Waals surface area contributed by atoms with Gasteiger partial charge in [0.05, 0.1) is 0 Å². The molecular weight excluding hydrogens is 230 g/mol. The van der Waals surface area contributed by atoms with Gasteiger partial charge < -0.3 is 5.32 Å². The summed E-state index contributed by atoms with van der Waals surface area (Å²) in [7, 11) is 0. The average Bonchev–Trinajstić information content (AvgIpc) is 2.82. The van der Waals surface area contributed by atoms with Crippen LogP contribution in [0.25, 0.3) is 0 Å². The normalized spacial score (nSPS) is 19.2. The molecule has 0 heterocycles. The third-order valence-electron chi connectivity index (χ3n) is 4.53. The quantitative estimate of drug-likeness (QED) is 0.622. The minimum Gasteiger partial charge on any atom is -0.313 e. The van der Waals surface area contributed by atoms with Crippen LogP contribution in [0.3, 0.4) is 0 Å². The topological polar surface area (TPSA) is 12.0 Å². The molecule has 0 radical (unpaired) electrons. The van der Waals surface area contributed by atoms with Crippen LogP contribution >= 0.6 is 0 Å². The molecule has 1 N–H and O–H groups in total. The largest absolute Gasteiger partial charge is 0.313 e. The zero-order valence-corrected chi connectivity index (χ0v) is 13.5. The zero-order chi connectivity index (χ0) is 14.1. The highest BCUT2D eigenvalue weighted by Gasteiger charge is 2.40. The smallest absolute Gasteiger partial charge is 0.0133 e. The molecule has 19 heavy (non-hydrogen) atoms. The van der Waals surface area contributed by atoms with Crippen LogP contribution in [0, 0.1) is 23.2 Å². The molecule has 1 rings (SSSR count). The van der Waals surface area contributed by atoms with Crippen molar-refractivity contribution in [2.24, 2.45) is 11.3 Å². The van der Waals surface area contributed by atoms with Gasteiger partial charge in [0.25, 0.3) is 0 Å². The lowest BCUT2D eigenvalue weighted by Crippen LogP contribution is -2.45. The van der Waals surface area contributed by atoms with Gasteiger partial charge in [-0.25, -0.2) is 0 Å². The van der Waals surface area contributed by atoms with Crippen LogP contribution in [-0.4, -0.2) is 12.6 Å². The third-order valence-corrected chi connectivity index (χ3v) is 4.53. The van der Waals surface area contributed by atoms with Crippen molar-refractivity contribution in [2.45, 2.75) is 85.1 Å². The Kier molecular flexibility index (Phi) is 7.54. The number of nitrogens with one attached hydrogen (secondary N) is 1. The van der Waals surface area contributed by atoms with Gasteiger partial charge in [-0.05, 0) is 56.9 Å². The third kappa shape index (κ3) is 5.19. The molecule has 0 aliphatic heterocycles. The van der Waals surface area contributed by atoms with Crippen LogP contribution in [0.15, 0.2) is 0 Å². The molecule has 1 saturated carbocycles. The molecule has 0 aromatic rings. The van der Waals surface area contributed by atoms with Gasteiger partial charge in [0.2, 0.25) is 0 Å². The van der Waals surface area contributed by atoms with Crippen molar-refractivity contribution in [1.82, 2.24) is 5.32 Å². The Hall–Kier alpha value is -0.480. The van der Waals surface area contributed by atoms with Gasteiger partial charge in [-0.1, -0.05) is 33.6 Å². The van der Waals surface area contributed by atoms with Crippen molar-refractivity contribution in [3.05, 3.63) is 0 Å². The van der Waals surface area contributed by atoms with Gasteiger partial charge in [-0.15, -0.1) is 11.8 Å². The van der Waals surface area contributed by atoms with Crippen molar-refractivity contribution < 1.29 is 0 Å². The summed E-state index contributed by atoms with van der Waals surface area (Å²) >= 11 is 0. The maximum atomic E-state index is 3.85. The Labute approximate surface area is 120 Å². The first-order valence-corrected chi connectivity index (χ1v) is 8.27. The molecule has 1 aliphatic carbocycles. The molecule has 1 nitrogen and oxygen atoms in total. The number of hydrogen-bond donors (Lipinski definition) is 1. The molecule has 0 aromatic carbocycles. The highest BCUT2D eigenvalue weighted by molar-refractivity contribution is 5.00. The van der Waals surface area contributed by atoms with Crippen molar-refractivity contribution >= 4 is 0 Å². The van der Waals surface area contributed by atoms with Crippen molar-refractivity contribution in [3.8, 4) is 11.8 Å². The lowest BCUT2D eigenvalue weighted by atomic mass is 9.71. The fraction of sp³-hybridized carbons (Fsp3) is 0.889. The molecular formula is C18H33N. The summed E-state index contributed by atoms with van der Waals surface area (Å²) in [5, 5.41) is 3.85. The second-order valence-electron chi connectivity index (χ2n) is 6.64. The first-order chi connectivity index (χ1) is 9.14. The molecule has 0 bridgehead atoms. The van der Waals surface area contributed by atoms with E-state index in [1.165, 1.54) is 44.9 Å². The molecule has 1 unspecified atom stereocenters. The Bertz CT molecular complexity index is 289. The highest BCUT2D eigenvalue weighted by atomic mass is 14.9. The molecule has 1 heteroatoms. The van der Waals surface area contributed by atoms with E-state index in [0.29, 0.717) is 11.5 Å². The number of rotatable bonds is 8. The SMILES string of the molecule is CC#CCCC(NCCC)C1(CC(C)C)CCCC1. The minimum atomic E-state index is 0.554. The predicted octanol–water partition coefficient (Wildman–Crippen LogP) is 4.76. The Balaban J connectivity index is 2.72. The van der Waals surface area contributed by atoms with E-state index in [-0.39, 0.29) is 0 Å². The molecule has 1 fully saturated rings. The molecule has 0 saturated heterocycles. The van der Waals surface area contributed by atoms with E-state index in [0.717, 1.165) is 18.9 Å². The van der Waals surface area contributed by atoms with Gasteiger partial charge >= 0.3 is 0 Å². The summed E-state index contributed by atoms with van der Waals surface area (Å²) in [6, 6.07) is 0.679. The minimum absolute atomic E-state index is 0.554. The molecule has 110 valence electrons. The van der Waals surface area contributed by atoms with Gasteiger partial charge in [0.15, 0.2) is 0 Å². The van der Waals surface area contributed by atoms with Crippen molar-refractivity contribution in [1.29, 1.82) is 0 Å². The van der Waals surface area contributed by atoms with Crippen LogP contribution < -0.4 is 5.32 Å². The summed E-state index contributed by atoms with van der Waals surface area (Å²) in [4.78, 5) is 0. The summed E-state index contributed by atoms with van der Waals surface area (Å²) in [5.41, 5.74) is 0.554. The lowest BCUT2D eigenvalue weighted by Gasteiger charge is -2.40. The number of hydrogen-bond acceptors (Lipinski definition) is 1. The fourth-order valence-electron chi connectivity index (χ4n) is 3.87. The standard InChI is InChI=1S/C18H33N/c1-5-7-8-11-17(19-14-6-2)18(15-16(3)4)12-9-10-13-18/h16-17,19H,6,8-15H2,1-4H3. The van der Waals surface area contributed by atoms with Crippen LogP contribution in [0.2, 0.25) is 0 Å². The van der Waals surface area contributed by atoms with E-state index in [1.54, 1.807) is 0 Å². The maximum Gasteiger partial charge on any atom is 0.0133 e. The van der Waals surface area contributed by atoms with Crippen LogP contribution in [0.5, 0.6) is 0 Å². The van der Waals surface area contributed by atoms with E-state index in [2.05, 4.69) is 37.9 Å². The van der Waals surface area contributed by atoms with Crippen LogP contribution in [0.1, 0.15) is 79.1 Å². The zero-order valence-electron chi connectivity index (χ0n) is 13.5. The summed E-state index contributed by atoms with van der Waals surface area (Å²) in [6.07, 6.45) is 10.6. The van der Waals surface area contributed by atoms with Crippen LogP contribution in [0.4, 0.5) is 0 Å². The Morgan fingerprint density at radius 3 is 2.42 bits per heavy atom. The summed E-state index contributed by atoms with van der Waals surface area (Å²) in [6.45, 7) is 10.1. The average molecular weight is 263 g/mol. The van der Waals surface area contributed by atoms with Gasteiger partial charge in [0, 0.05) is 12.5 Å². The van der Waals surface area contributed by atoms with E-state index in [4.69, 9.17) is 0 Å². The van der Waals surface area contributed by atoms with E-state index < -0.39 is 0 Å². The molecule has 1 aliphatic rings. The lowest BCUT2D eigenvalue weighted by molar-refractivity contribution is 0.148. The van der Waals surface area contributed by atoms with Crippen molar-refractivity contribution in [2.75, 3.05) is 6.54 Å². The second kappa shape index (κ2) is 8.64. The van der Waals surface area contributed by atoms with Gasteiger partial charge in [-0.3, -0.25) is 0 Å². The molecule has 0 spiro atoms. The van der Waals surface area contributed by atoms with E-state index in [9.17, 15) is 0 Å². The maximum absolute atomic E-state index is 3.85. The van der Waals surface area contributed by atoms with E-state index in [1.807, 2.05) is 6.92 Å². The molecule has 0 amide bonds.